The Morgan fingerprint density at radius 3 is 2.39 bits per heavy atom. The molecular formula is C30H34F2N8O4. The van der Waals surface area contributed by atoms with E-state index in [4.69, 9.17) is 9.47 Å². The molecule has 1 aromatic carbocycles. The van der Waals surface area contributed by atoms with Gasteiger partial charge in [0.25, 0.3) is 0 Å². The Hall–Kier alpha value is -4.85. The molecular weight excluding hydrogens is 574 g/mol. The van der Waals surface area contributed by atoms with Gasteiger partial charge in [-0.1, -0.05) is 6.08 Å². The summed E-state index contributed by atoms with van der Waals surface area (Å²) < 4.78 is 41.5. The lowest BCUT2D eigenvalue weighted by molar-refractivity contribution is -0.127. The number of amides is 3. The van der Waals surface area contributed by atoms with E-state index in [1.165, 1.54) is 25.3 Å². The SMILES string of the molecule is COc1cc(OC)c(F)c(N2Cc3cnc(Nc4ccncc4)nc3N(C3CCN(C(=O)/C=C/CN(C)C)CC3)C2=O)c1F. The number of benzene rings is 1. The van der Waals surface area contributed by atoms with E-state index in [-0.39, 0.29) is 29.9 Å². The van der Waals surface area contributed by atoms with Gasteiger partial charge in [-0.2, -0.15) is 4.98 Å². The molecule has 2 aromatic heterocycles. The van der Waals surface area contributed by atoms with Gasteiger partial charge in [0.1, 0.15) is 11.5 Å². The van der Waals surface area contributed by atoms with Gasteiger partial charge in [0.2, 0.25) is 11.9 Å². The molecule has 0 saturated carbocycles. The number of nitrogens with zero attached hydrogens (tertiary/aromatic N) is 7. The standard InChI is InChI=1S/C30H34F2N8O4/c1-37(2)13-5-6-24(41)38-14-9-21(10-15-38)40-28-19(17-34-29(36-28)35-20-7-11-33-12-8-20)18-39(30(40)42)27-25(31)22(43-3)16-23(44-4)26(27)32/h5-8,11-12,16-17,21H,9-10,13-15,18H2,1-4H3,(H,33,34,35,36)/b6-5+. The van der Waals surface area contributed by atoms with Crippen LogP contribution in [0.25, 0.3) is 0 Å². The molecule has 0 unspecified atom stereocenters. The van der Waals surface area contributed by atoms with Gasteiger partial charge < -0.3 is 24.6 Å². The smallest absolute Gasteiger partial charge is 0.330 e. The third kappa shape index (κ3) is 6.25. The van der Waals surface area contributed by atoms with Crippen LogP contribution in [0.3, 0.4) is 0 Å². The monoisotopic (exact) mass is 608 g/mol. The highest BCUT2D eigenvalue weighted by atomic mass is 19.1. The number of rotatable bonds is 9. The summed E-state index contributed by atoms with van der Waals surface area (Å²) >= 11 is 0. The normalized spacial score (nSPS) is 15.6. The number of aromatic nitrogens is 3. The lowest BCUT2D eigenvalue weighted by Crippen LogP contribution is -2.56. The van der Waals surface area contributed by atoms with Gasteiger partial charge in [0.15, 0.2) is 23.1 Å². The van der Waals surface area contributed by atoms with Crippen molar-refractivity contribution in [3.63, 3.8) is 0 Å². The van der Waals surface area contributed by atoms with E-state index < -0.39 is 29.4 Å². The van der Waals surface area contributed by atoms with Crippen molar-refractivity contribution in [1.29, 1.82) is 0 Å². The van der Waals surface area contributed by atoms with Gasteiger partial charge in [-0.05, 0) is 39.1 Å². The summed E-state index contributed by atoms with van der Waals surface area (Å²) in [7, 11) is 6.32. The van der Waals surface area contributed by atoms with Crippen molar-refractivity contribution < 1.29 is 27.8 Å². The minimum Gasteiger partial charge on any atom is -0.493 e. The second kappa shape index (κ2) is 13.2. The maximum Gasteiger partial charge on any atom is 0.330 e. The first-order chi connectivity index (χ1) is 21.2. The van der Waals surface area contributed by atoms with Gasteiger partial charge >= 0.3 is 6.03 Å². The summed E-state index contributed by atoms with van der Waals surface area (Å²) in [5.74, 6) is -2.18. The Kier molecular flexibility index (Phi) is 9.18. The molecule has 1 fully saturated rings. The van der Waals surface area contributed by atoms with Crippen LogP contribution in [-0.2, 0) is 11.3 Å². The Bertz CT molecular complexity index is 1520. The van der Waals surface area contributed by atoms with Crippen LogP contribution >= 0.6 is 0 Å². The number of pyridine rings is 1. The number of carbonyl (C=O) groups excluding carboxylic acids is 2. The summed E-state index contributed by atoms with van der Waals surface area (Å²) in [4.78, 5) is 46.2. The number of anilines is 4. The number of ether oxygens (including phenoxy) is 2. The Labute approximate surface area is 253 Å². The first kappa shape index (κ1) is 30.6. The number of likely N-dealkylation sites (tertiary alicyclic amines) is 1. The summed E-state index contributed by atoms with van der Waals surface area (Å²) in [5, 5.41) is 3.10. The highest BCUT2D eigenvalue weighted by Crippen LogP contribution is 2.41. The highest BCUT2D eigenvalue weighted by molar-refractivity contribution is 6.06. The van der Waals surface area contributed by atoms with Crippen LogP contribution in [0.5, 0.6) is 11.5 Å². The van der Waals surface area contributed by atoms with Crippen molar-refractivity contribution >= 4 is 35.1 Å². The number of hydrogen-bond acceptors (Lipinski definition) is 9. The molecule has 2 aliphatic heterocycles. The van der Waals surface area contributed by atoms with E-state index in [9.17, 15) is 9.59 Å². The molecule has 5 rings (SSSR count). The minimum absolute atomic E-state index is 0.115. The second-order valence-corrected chi connectivity index (χ2v) is 10.6. The van der Waals surface area contributed by atoms with Gasteiger partial charge in [-0.15, -0.1) is 0 Å². The summed E-state index contributed by atoms with van der Waals surface area (Å²) in [6, 6.07) is 3.49. The number of piperidine rings is 1. The first-order valence-electron chi connectivity index (χ1n) is 14.1. The van der Waals surface area contributed by atoms with Crippen molar-refractivity contribution in [3.05, 3.63) is 66.1 Å². The number of methoxy groups -OCH3 is 2. The van der Waals surface area contributed by atoms with E-state index >= 15 is 8.78 Å². The zero-order valence-electron chi connectivity index (χ0n) is 25.0. The van der Waals surface area contributed by atoms with E-state index in [0.717, 1.165) is 11.0 Å². The second-order valence-electron chi connectivity index (χ2n) is 10.6. The van der Waals surface area contributed by atoms with Crippen molar-refractivity contribution in [2.24, 2.45) is 0 Å². The number of urea groups is 1. The first-order valence-corrected chi connectivity index (χ1v) is 14.1. The molecule has 1 saturated heterocycles. The molecule has 3 aromatic rings. The maximum absolute atomic E-state index is 15.6. The minimum atomic E-state index is -1.04. The molecule has 12 nitrogen and oxygen atoms in total. The van der Waals surface area contributed by atoms with Crippen LogP contribution in [-0.4, -0.2) is 90.7 Å². The van der Waals surface area contributed by atoms with E-state index in [1.54, 1.807) is 41.6 Å². The Morgan fingerprint density at radius 1 is 1.11 bits per heavy atom. The topological polar surface area (TPSA) is 116 Å². The lowest BCUT2D eigenvalue weighted by atomic mass is 10.0. The van der Waals surface area contributed by atoms with Crippen LogP contribution in [0.4, 0.5) is 36.7 Å². The third-order valence-corrected chi connectivity index (χ3v) is 7.46. The third-order valence-electron chi connectivity index (χ3n) is 7.46. The summed E-state index contributed by atoms with van der Waals surface area (Å²) in [6.07, 6.45) is 8.96. The molecule has 0 aliphatic carbocycles. The molecule has 2 aliphatic rings. The van der Waals surface area contributed by atoms with Gasteiger partial charge in [0, 0.05) is 67.7 Å². The number of likely N-dealkylation sites (N-methyl/N-ethyl adjacent to an activating group) is 1. The van der Waals surface area contributed by atoms with E-state index in [1.807, 2.05) is 19.0 Å². The molecule has 0 atom stereocenters. The predicted octanol–water partition coefficient (Wildman–Crippen LogP) is 3.97. The lowest BCUT2D eigenvalue weighted by Gasteiger charge is -2.43. The van der Waals surface area contributed by atoms with Crippen LogP contribution in [0.2, 0.25) is 0 Å². The average molecular weight is 609 g/mol. The molecule has 0 spiro atoms. The fourth-order valence-corrected chi connectivity index (χ4v) is 5.23. The maximum atomic E-state index is 15.6. The van der Waals surface area contributed by atoms with Crippen molar-refractivity contribution in [2.45, 2.75) is 25.4 Å². The molecule has 3 amide bonds. The fourth-order valence-electron chi connectivity index (χ4n) is 5.23. The van der Waals surface area contributed by atoms with Crippen LogP contribution in [0.1, 0.15) is 18.4 Å². The summed E-state index contributed by atoms with van der Waals surface area (Å²) in [5.41, 5.74) is 0.576. The zero-order valence-corrected chi connectivity index (χ0v) is 25.0. The summed E-state index contributed by atoms with van der Waals surface area (Å²) in [6.45, 7) is 1.21. The number of nitrogens with one attached hydrogen (secondary N) is 1. The Morgan fingerprint density at radius 2 is 1.77 bits per heavy atom. The molecule has 232 valence electrons. The van der Waals surface area contributed by atoms with E-state index in [0.29, 0.717) is 49.5 Å². The fraction of sp³-hybridized carbons (Fsp3) is 0.367. The molecule has 0 radical (unpaired) electrons. The number of hydrogen-bond donors (Lipinski definition) is 1. The zero-order chi connectivity index (χ0) is 31.4. The van der Waals surface area contributed by atoms with Crippen molar-refractivity contribution in [2.75, 3.05) is 63.1 Å². The van der Waals surface area contributed by atoms with E-state index in [2.05, 4.69) is 20.3 Å². The quantitative estimate of drug-likeness (QED) is 0.361. The molecule has 1 N–H and O–H groups in total. The van der Waals surface area contributed by atoms with Crippen LogP contribution in [0, 0.1) is 11.6 Å². The van der Waals surface area contributed by atoms with Gasteiger partial charge in [0.05, 0.1) is 20.8 Å². The number of halogens is 2. The van der Waals surface area contributed by atoms with Crippen LogP contribution < -0.4 is 24.6 Å². The Balaban J connectivity index is 1.50. The molecule has 0 bridgehead atoms. The van der Waals surface area contributed by atoms with Crippen LogP contribution in [0.15, 0.2) is 48.9 Å². The predicted molar refractivity (Wildman–Crippen MR) is 160 cm³/mol. The van der Waals surface area contributed by atoms with Gasteiger partial charge in [-0.3, -0.25) is 19.6 Å². The van der Waals surface area contributed by atoms with Gasteiger partial charge in [-0.25, -0.2) is 18.6 Å². The number of fused-ring (bicyclic) bond motifs is 1. The molecule has 4 heterocycles. The average Bonchev–Trinajstić information content (AvgIpc) is 3.02. The molecule has 14 heteroatoms. The highest BCUT2D eigenvalue weighted by Gasteiger charge is 2.41. The van der Waals surface area contributed by atoms with Crippen molar-refractivity contribution in [3.8, 4) is 11.5 Å². The number of carbonyl (C=O) groups is 2. The van der Waals surface area contributed by atoms with Crippen molar-refractivity contribution in [1.82, 2.24) is 24.8 Å². The molecule has 44 heavy (non-hydrogen) atoms. The largest absolute Gasteiger partial charge is 0.493 e.